The van der Waals surface area contributed by atoms with Gasteiger partial charge >= 0.3 is 0 Å². The highest BCUT2D eigenvalue weighted by Crippen LogP contribution is 2.19. The molecule has 5 nitrogen and oxygen atoms in total. The summed E-state index contributed by atoms with van der Waals surface area (Å²) >= 11 is 0. The fourth-order valence-corrected chi connectivity index (χ4v) is 1.66. The summed E-state index contributed by atoms with van der Waals surface area (Å²) in [4.78, 5) is 4.23. The minimum Gasteiger partial charge on any atom is -0.370 e. The van der Waals surface area contributed by atoms with Crippen LogP contribution in [0.25, 0.3) is 11.3 Å². The van der Waals surface area contributed by atoms with Crippen molar-refractivity contribution in [3.05, 3.63) is 42.1 Å². The molecule has 0 radical (unpaired) electrons. The summed E-state index contributed by atoms with van der Waals surface area (Å²) in [6.45, 7) is 5.45. The lowest BCUT2D eigenvalue weighted by Gasteiger charge is -2.06. The number of aromatic nitrogens is 1. The first-order valence-electron chi connectivity index (χ1n) is 6.70. The van der Waals surface area contributed by atoms with Crippen molar-refractivity contribution in [3.63, 3.8) is 0 Å². The Morgan fingerprint density at radius 1 is 1.35 bits per heavy atom. The summed E-state index contributed by atoms with van der Waals surface area (Å²) in [7, 11) is 0. The number of hydrogen-bond donors (Lipinski definition) is 2. The van der Waals surface area contributed by atoms with Crippen molar-refractivity contribution in [2.45, 2.75) is 20.4 Å². The normalized spacial score (nSPS) is 11.8. The van der Waals surface area contributed by atoms with E-state index in [0.29, 0.717) is 18.4 Å². The molecular weight excluding hydrogens is 252 g/mol. The van der Waals surface area contributed by atoms with Gasteiger partial charge in [0.25, 0.3) is 0 Å². The van der Waals surface area contributed by atoms with Crippen molar-refractivity contribution in [1.29, 1.82) is 0 Å². The second-order valence-electron chi connectivity index (χ2n) is 5.02. The van der Waals surface area contributed by atoms with E-state index in [0.717, 1.165) is 23.6 Å². The quantitative estimate of drug-likeness (QED) is 0.647. The van der Waals surface area contributed by atoms with Gasteiger partial charge in [-0.25, -0.2) is 4.99 Å². The molecule has 2 aromatic rings. The first-order chi connectivity index (χ1) is 9.65. The van der Waals surface area contributed by atoms with E-state index < -0.39 is 0 Å². The molecule has 106 valence electrons. The third kappa shape index (κ3) is 4.12. The molecule has 0 saturated heterocycles. The van der Waals surface area contributed by atoms with Crippen LogP contribution >= 0.6 is 0 Å². The van der Waals surface area contributed by atoms with Crippen LogP contribution in [0.15, 0.2) is 45.9 Å². The fraction of sp³-hybridized carbons (Fsp3) is 0.333. The number of nitrogens with zero attached hydrogens (tertiary/aromatic N) is 2. The Hall–Kier alpha value is -2.30. The monoisotopic (exact) mass is 272 g/mol. The van der Waals surface area contributed by atoms with Crippen molar-refractivity contribution in [2.24, 2.45) is 16.6 Å². The number of hydrogen-bond acceptors (Lipinski definition) is 3. The number of nitrogens with two attached hydrogens (primary N) is 1. The smallest absolute Gasteiger partial charge is 0.188 e. The Balaban J connectivity index is 1.95. The molecule has 0 saturated carbocycles. The summed E-state index contributed by atoms with van der Waals surface area (Å²) < 4.78 is 5.30. The molecule has 0 amide bonds. The van der Waals surface area contributed by atoms with Gasteiger partial charge in [0.05, 0.1) is 6.54 Å². The molecule has 20 heavy (non-hydrogen) atoms. The van der Waals surface area contributed by atoms with E-state index in [-0.39, 0.29) is 0 Å². The summed E-state index contributed by atoms with van der Waals surface area (Å²) in [5.41, 5.74) is 7.53. The van der Waals surface area contributed by atoms with E-state index in [1.807, 2.05) is 36.4 Å². The molecule has 0 aliphatic carbocycles. The van der Waals surface area contributed by atoms with Crippen LogP contribution in [0.1, 0.15) is 19.5 Å². The molecule has 1 heterocycles. The van der Waals surface area contributed by atoms with Crippen LogP contribution in [0.2, 0.25) is 0 Å². The van der Waals surface area contributed by atoms with Gasteiger partial charge in [-0.2, -0.15) is 0 Å². The molecule has 3 N–H and O–H groups in total. The van der Waals surface area contributed by atoms with Crippen LogP contribution < -0.4 is 11.1 Å². The van der Waals surface area contributed by atoms with E-state index in [1.54, 1.807) is 0 Å². The van der Waals surface area contributed by atoms with Crippen LogP contribution in [0, 0.1) is 5.92 Å². The number of rotatable bonds is 5. The first-order valence-corrected chi connectivity index (χ1v) is 6.70. The largest absolute Gasteiger partial charge is 0.370 e. The fourth-order valence-electron chi connectivity index (χ4n) is 1.66. The molecule has 2 rings (SSSR count). The lowest BCUT2D eigenvalue weighted by molar-refractivity contribution is 0.424. The van der Waals surface area contributed by atoms with E-state index in [2.05, 4.69) is 29.3 Å². The second-order valence-corrected chi connectivity index (χ2v) is 5.02. The van der Waals surface area contributed by atoms with E-state index in [9.17, 15) is 0 Å². The maximum absolute atomic E-state index is 5.77. The molecule has 0 aliphatic heterocycles. The van der Waals surface area contributed by atoms with Crippen molar-refractivity contribution < 1.29 is 4.52 Å². The summed E-state index contributed by atoms with van der Waals surface area (Å²) in [5.74, 6) is 1.70. The number of nitrogens with one attached hydrogen (secondary N) is 1. The van der Waals surface area contributed by atoms with E-state index >= 15 is 0 Å². The lowest BCUT2D eigenvalue weighted by atomic mass is 10.2. The maximum Gasteiger partial charge on any atom is 0.188 e. The van der Waals surface area contributed by atoms with Crippen molar-refractivity contribution in [2.75, 3.05) is 6.54 Å². The second kappa shape index (κ2) is 6.75. The van der Waals surface area contributed by atoms with Crippen LogP contribution in [-0.4, -0.2) is 17.7 Å². The van der Waals surface area contributed by atoms with E-state index in [1.165, 1.54) is 0 Å². The molecule has 1 aromatic carbocycles. The zero-order valence-corrected chi connectivity index (χ0v) is 11.8. The lowest BCUT2D eigenvalue weighted by Crippen LogP contribution is -2.34. The van der Waals surface area contributed by atoms with Gasteiger partial charge in [0.1, 0.15) is 5.69 Å². The Morgan fingerprint density at radius 2 is 2.10 bits per heavy atom. The number of aliphatic imine (C=N–C) groups is 1. The van der Waals surface area contributed by atoms with Gasteiger partial charge in [-0.15, -0.1) is 0 Å². The van der Waals surface area contributed by atoms with Gasteiger partial charge in [0, 0.05) is 18.2 Å². The Morgan fingerprint density at radius 3 is 2.80 bits per heavy atom. The standard InChI is InChI=1S/C15H20N4O/c1-11(2)9-17-15(16)18-10-13-8-14(20-19-13)12-6-4-3-5-7-12/h3-8,11H,9-10H2,1-2H3,(H3,16,17,18). The molecule has 0 aliphatic rings. The minimum absolute atomic E-state index is 0.410. The van der Waals surface area contributed by atoms with Crippen LogP contribution in [0.3, 0.4) is 0 Å². The predicted octanol–water partition coefficient (Wildman–Crippen LogP) is 2.40. The predicted molar refractivity (Wildman–Crippen MR) is 80.1 cm³/mol. The molecule has 0 fully saturated rings. The average molecular weight is 272 g/mol. The number of benzene rings is 1. The zero-order chi connectivity index (χ0) is 14.4. The summed E-state index contributed by atoms with van der Waals surface area (Å²) in [6, 6.07) is 11.7. The van der Waals surface area contributed by atoms with Crippen LogP contribution in [0.5, 0.6) is 0 Å². The highest BCUT2D eigenvalue weighted by atomic mass is 16.5. The zero-order valence-electron chi connectivity index (χ0n) is 11.8. The third-order valence-electron chi connectivity index (χ3n) is 2.72. The van der Waals surface area contributed by atoms with Gasteiger partial charge in [0.15, 0.2) is 11.7 Å². The Kier molecular flexibility index (Phi) is 4.76. The molecule has 0 spiro atoms. The van der Waals surface area contributed by atoms with Gasteiger partial charge < -0.3 is 15.6 Å². The third-order valence-corrected chi connectivity index (χ3v) is 2.72. The highest BCUT2D eigenvalue weighted by Gasteiger charge is 2.05. The van der Waals surface area contributed by atoms with Crippen molar-refractivity contribution >= 4 is 5.96 Å². The molecule has 0 bridgehead atoms. The van der Waals surface area contributed by atoms with Gasteiger partial charge in [0.2, 0.25) is 0 Å². The molecule has 1 aromatic heterocycles. The molecule has 0 unspecified atom stereocenters. The van der Waals surface area contributed by atoms with Gasteiger partial charge in [-0.05, 0) is 5.92 Å². The average Bonchev–Trinajstić information content (AvgIpc) is 2.93. The van der Waals surface area contributed by atoms with Crippen molar-refractivity contribution in [1.82, 2.24) is 10.5 Å². The maximum atomic E-state index is 5.77. The SMILES string of the molecule is CC(C)CNC(N)=NCc1cc(-c2ccccc2)on1. The van der Waals surface area contributed by atoms with Gasteiger partial charge in [-0.3, -0.25) is 0 Å². The molecule has 5 heteroatoms. The Labute approximate surface area is 118 Å². The Bertz CT molecular complexity index is 560. The van der Waals surface area contributed by atoms with Crippen LogP contribution in [-0.2, 0) is 6.54 Å². The van der Waals surface area contributed by atoms with Crippen LogP contribution in [0.4, 0.5) is 0 Å². The summed E-state index contributed by atoms with van der Waals surface area (Å²) in [5, 5.41) is 7.05. The molecule has 0 atom stereocenters. The molecular formula is C15H20N4O. The summed E-state index contributed by atoms with van der Waals surface area (Å²) in [6.07, 6.45) is 0. The topological polar surface area (TPSA) is 76.4 Å². The number of guanidine groups is 1. The minimum atomic E-state index is 0.410. The first kappa shape index (κ1) is 14.1. The highest BCUT2D eigenvalue weighted by molar-refractivity contribution is 5.77. The van der Waals surface area contributed by atoms with E-state index in [4.69, 9.17) is 10.3 Å². The van der Waals surface area contributed by atoms with Crippen molar-refractivity contribution in [3.8, 4) is 11.3 Å². The van der Waals surface area contributed by atoms with Gasteiger partial charge in [-0.1, -0.05) is 49.3 Å².